The van der Waals surface area contributed by atoms with Crippen LogP contribution in [0.1, 0.15) is 13.3 Å². The Hall–Kier alpha value is -1.36. The summed E-state index contributed by atoms with van der Waals surface area (Å²) in [4.78, 5) is 20.5. The van der Waals surface area contributed by atoms with Gasteiger partial charge in [-0.1, -0.05) is 6.92 Å². The first-order valence-electron chi connectivity index (χ1n) is 3.36. The van der Waals surface area contributed by atoms with Gasteiger partial charge in [0.15, 0.2) is 0 Å². The van der Waals surface area contributed by atoms with Gasteiger partial charge in [-0.05, 0) is 0 Å². The van der Waals surface area contributed by atoms with Crippen molar-refractivity contribution in [1.82, 2.24) is 0 Å². The number of ether oxygens (including phenoxy) is 1. The molecule has 5 nitrogen and oxygen atoms in total. The first-order valence-corrected chi connectivity index (χ1v) is 3.36. The second-order valence-electron chi connectivity index (χ2n) is 1.97. The van der Waals surface area contributed by atoms with Crippen LogP contribution in [0.2, 0.25) is 0 Å². The van der Waals surface area contributed by atoms with Gasteiger partial charge in [0.25, 0.3) is 0 Å². The minimum atomic E-state index is -1.24. The van der Waals surface area contributed by atoms with Crippen LogP contribution in [0.5, 0.6) is 0 Å². The van der Waals surface area contributed by atoms with Gasteiger partial charge in [0.1, 0.15) is 0 Å². The van der Waals surface area contributed by atoms with E-state index >= 15 is 0 Å². The van der Waals surface area contributed by atoms with E-state index in [1.165, 1.54) is 0 Å². The zero-order chi connectivity index (χ0) is 9.56. The van der Waals surface area contributed by atoms with Crippen molar-refractivity contribution in [2.45, 2.75) is 19.6 Å². The fraction of sp³-hybridized carbons (Fsp3) is 0.429. The molecular weight excluding hydrogens is 164 g/mol. The molecule has 0 aliphatic rings. The first-order chi connectivity index (χ1) is 5.56. The van der Waals surface area contributed by atoms with E-state index in [1.54, 1.807) is 6.92 Å². The molecule has 0 saturated heterocycles. The molecule has 0 radical (unpaired) electrons. The quantitative estimate of drug-likeness (QED) is 0.353. The van der Waals surface area contributed by atoms with Crippen molar-refractivity contribution in [3.8, 4) is 0 Å². The number of aliphatic carboxylic acids is 1. The topological polar surface area (TPSA) is 83.8 Å². The van der Waals surface area contributed by atoms with Crippen molar-refractivity contribution in [2.75, 3.05) is 0 Å². The van der Waals surface area contributed by atoms with E-state index in [-0.39, 0.29) is 6.42 Å². The van der Waals surface area contributed by atoms with E-state index in [1.807, 2.05) is 0 Å². The summed E-state index contributed by atoms with van der Waals surface area (Å²) in [6.07, 6.45) is 0.481. The second-order valence-corrected chi connectivity index (χ2v) is 1.97. The van der Waals surface area contributed by atoms with Crippen LogP contribution in [0.25, 0.3) is 0 Å². The number of carboxylic acids is 1. The van der Waals surface area contributed by atoms with E-state index in [0.29, 0.717) is 6.08 Å². The molecule has 0 bridgehead atoms. The number of carbonyl (C=O) groups excluding carboxylic acids is 1. The minimum Gasteiger partial charge on any atom is -0.478 e. The predicted molar refractivity (Wildman–Crippen MR) is 39.2 cm³/mol. The number of hydrogen-bond acceptors (Lipinski definition) is 4. The summed E-state index contributed by atoms with van der Waals surface area (Å²) in [6.45, 7) is 1.62. The summed E-state index contributed by atoms with van der Waals surface area (Å²) in [6, 6.07) is 0. The molecule has 0 aromatic carbocycles. The largest absolute Gasteiger partial charge is 0.478 e. The number of hydrogen-bond donors (Lipinski definition) is 2. The minimum absolute atomic E-state index is 0.270. The lowest BCUT2D eigenvalue weighted by atomic mass is 10.4. The zero-order valence-corrected chi connectivity index (χ0v) is 6.56. The molecule has 0 saturated carbocycles. The van der Waals surface area contributed by atoms with Crippen molar-refractivity contribution in [2.24, 2.45) is 0 Å². The third-order valence-electron chi connectivity index (χ3n) is 0.963. The molecule has 1 atom stereocenters. The monoisotopic (exact) mass is 174 g/mol. The molecule has 0 rings (SSSR count). The van der Waals surface area contributed by atoms with Gasteiger partial charge < -0.3 is 14.9 Å². The number of carboxylic acid groups (broad SMARTS) is 1. The van der Waals surface area contributed by atoms with Crippen LogP contribution >= 0.6 is 0 Å². The molecule has 12 heavy (non-hydrogen) atoms. The summed E-state index contributed by atoms with van der Waals surface area (Å²) in [5.74, 6) is -2.11. The zero-order valence-electron chi connectivity index (χ0n) is 6.56. The molecule has 0 heterocycles. The fourth-order valence-electron chi connectivity index (χ4n) is 0.396. The first kappa shape index (κ1) is 10.6. The molecule has 0 spiro atoms. The van der Waals surface area contributed by atoms with Gasteiger partial charge in [0, 0.05) is 18.6 Å². The SMILES string of the molecule is CCC(O)OC(=O)/C=C/C(=O)O. The van der Waals surface area contributed by atoms with E-state index < -0.39 is 18.2 Å². The maximum atomic E-state index is 10.6. The summed E-state index contributed by atoms with van der Waals surface area (Å²) < 4.78 is 4.32. The Kier molecular flexibility index (Phi) is 4.71. The molecule has 5 heteroatoms. The van der Waals surface area contributed by atoms with Crippen LogP contribution in [0, 0.1) is 0 Å². The Morgan fingerprint density at radius 1 is 1.50 bits per heavy atom. The molecule has 0 aromatic heterocycles. The lowest BCUT2D eigenvalue weighted by Gasteiger charge is -2.06. The number of carbonyl (C=O) groups is 2. The second kappa shape index (κ2) is 5.31. The molecule has 1 unspecified atom stereocenters. The van der Waals surface area contributed by atoms with Crippen molar-refractivity contribution >= 4 is 11.9 Å². The van der Waals surface area contributed by atoms with Crippen molar-refractivity contribution in [1.29, 1.82) is 0 Å². The van der Waals surface area contributed by atoms with Gasteiger partial charge in [0.2, 0.25) is 6.29 Å². The molecule has 0 fully saturated rings. The Balaban J connectivity index is 3.81. The van der Waals surface area contributed by atoms with Crippen molar-refractivity contribution in [3.63, 3.8) is 0 Å². The lowest BCUT2D eigenvalue weighted by Crippen LogP contribution is -2.14. The smallest absolute Gasteiger partial charge is 0.333 e. The number of aliphatic hydroxyl groups is 1. The van der Waals surface area contributed by atoms with E-state index in [9.17, 15) is 9.59 Å². The highest BCUT2D eigenvalue weighted by molar-refractivity contribution is 5.90. The van der Waals surface area contributed by atoms with Gasteiger partial charge in [-0.15, -0.1) is 0 Å². The molecule has 68 valence electrons. The highest BCUT2D eigenvalue weighted by Crippen LogP contribution is 1.93. The average molecular weight is 174 g/mol. The van der Waals surface area contributed by atoms with Gasteiger partial charge in [0.05, 0.1) is 0 Å². The highest BCUT2D eigenvalue weighted by atomic mass is 16.6. The van der Waals surface area contributed by atoms with Crippen LogP contribution in [-0.2, 0) is 14.3 Å². The predicted octanol–water partition coefficient (Wildman–Crippen LogP) is -0.101. The Morgan fingerprint density at radius 3 is 2.50 bits per heavy atom. The van der Waals surface area contributed by atoms with E-state index in [0.717, 1.165) is 6.08 Å². The van der Waals surface area contributed by atoms with Gasteiger partial charge in [-0.25, -0.2) is 9.59 Å². The number of esters is 1. The van der Waals surface area contributed by atoms with E-state index in [4.69, 9.17) is 10.2 Å². The third kappa shape index (κ3) is 5.43. The third-order valence-corrected chi connectivity index (χ3v) is 0.963. The number of rotatable bonds is 4. The molecular formula is C7H10O5. The standard InChI is InChI=1S/C7H10O5/c1-2-6(10)12-7(11)4-3-5(8)9/h3-4,6,10H,2H2,1H3,(H,8,9)/b4-3+. The maximum absolute atomic E-state index is 10.6. The highest BCUT2D eigenvalue weighted by Gasteiger charge is 2.04. The lowest BCUT2D eigenvalue weighted by molar-refractivity contribution is -0.162. The summed E-state index contributed by atoms with van der Waals surface area (Å²) in [5, 5.41) is 16.9. The Bertz CT molecular complexity index is 196. The average Bonchev–Trinajstić information content (AvgIpc) is 2.00. The molecule has 0 aliphatic carbocycles. The molecule has 0 amide bonds. The fourth-order valence-corrected chi connectivity index (χ4v) is 0.396. The number of aliphatic hydroxyl groups excluding tert-OH is 1. The summed E-state index contributed by atoms with van der Waals surface area (Å²) in [7, 11) is 0. The Morgan fingerprint density at radius 2 is 2.08 bits per heavy atom. The maximum Gasteiger partial charge on any atom is 0.333 e. The molecule has 0 aromatic rings. The normalized spacial score (nSPS) is 12.8. The van der Waals surface area contributed by atoms with Crippen LogP contribution in [0.3, 0.4) is 0 Å². The van der Waals surface area contributed by atoms with Crippen LogP contribution in [0.15, 0.2) is 12.2 Å². The summed E-state index contributed by atoms with van der Waals surface area (Å²) >= 11 is 0. The molecule has 2 N–H and O–H groups in total. The Labute approximate surface area is 69.3 Å². The van der Waals surface area contributed by atoms with Crippen LogP contribution < -0.4 is 0 Å². The van der Waals surface area contributed by atoms with Crippen LogP contribution in [0.4, 0.5) is 0 Å². The van der Waals surface area contributed by atoms with Gasteiger partial charge in [-0.3, -0.25) is 0 Å². The van der Waals surface area contributed by atoms with Crippen LogP contribution in [-0.4, -0.2) is 28.4 Å². The summed E-state index contributed by atoms with van der Waals surface area (Å²) in [5.41, 5.74) is 0. The van der Waals surface area contributed by atoms with Gasteiger partial charge in [-0.2, -0.15) is 0 Å². The van der Waals surface area contributed by atoms with Crippen molar-refractivity contribution in [3.05, 3.63) is 12.2 Å². The molecule has 0 aliphatic heterocycles. The van der Waals surface area contributed by atoms with Crippen molar-refractivity contribution < 1.29 is 24.5 Å². The van der Waals surface area contributed by atoms with Gasteiger partial charge >= 0.3 is 11.9 Å². The van der Waals surface area contributed by atoms with E-state index in [2.05, 4.69) is 4.74 Å².